The number of fused-ring (bicyclic) bond motifs is 1. The summed E-state index contributed by atoms with van der Waals surface area (Å²) in [6.07, 6.45) is 4.31. The molecule has 3 aliphatic rings. The van der Waals surface area contributed by atoms with Crippen molar-refractivity contribution >= 4 is 17.7 Å². The van der Waals surface area contributed by atoms with Crippen LogP contribution >= 0.6 is 0 Å². The van der Waals surface area contributed by atoms with Gasteiger partial charge in [-0.25, -0.2) is 4.98 Å². The monoisotopic (exact) mass is 422 g/mol. The Morgan fingerprint density at radius 3 is 2.81 bits per heavy atom. The molecule has 0 saturated carbocycles. The number of hydrogen-bond acceptors (Lipinski definition) is 6. The highest BCUT2D eigenvalue weighted by molar-refractivity contribution is 6.05. The van der Waals surface area contributed by atoms with Gasteiger partial charge in [-0.1, -0.05) is 12.1 Å². The Morgan fingerprint density at radius 1 is 1.23 bits per heavy atom. The lowest BCUT2D eigenvalue weighted by Gasteiger charge is -2.29. The molecule has 3 atom stereocenters. The molecule has 0 aliphatic carbocycles. The summed E-state index contributed by atoms with van der Waals surface area (Å²) in [5, 5.41) is 2.34. The number of imidazole rings is 1. The Bertz CT molecular complexity index is 1060. The van der Waals surface area contributed by atoms with Gasteiger partial charge in [0.05, 0.1) is 6.33 Å². The Kier molecular flexibility index (Phi) is 4.86. The minimum atomic E-state index is -0.586. The van der Waals surface area contributed by atoms with E-state index in [-0.39, 0.29) is 36.1 Å². The van der Waals surface area contributed by atoms with E-state index in [1.807, 2.05) is 36.0 Å². The third-order valence-electron chi connectivity index (χ3n) is 6.67. The van der Waals surface area contributed by atoms with Crippen LogP contribution in [0.15, 0.2) is 30.7 Å². The molecule has 3 amide bonds. The normalized spacial score (nSPS) is 26.5. The molecule has 5 rings (SSSR count). The van der Waals surface area contributed by atoms with Crippen molar-refractivity contribution in [2.24, 2.45) is 12.8 Å². The predicted octanol–water partition coefficient (Wildman–Crippen LogP) is 0.108. The molecule has 2 saturated heterocycles. The van der Waals surface area contributed by atoms with Crippen molar-refractivity contribution in [1.82, 2.24) is 24.7 Å². The quantitative estimate of drug-likeness (QED) is 0.676. The third kappa shape index (κ3) is 3.53. The van der Waals surface area contributed by atoms with Gasteiger partial charge in [-0.3, -0.25) is 24.6 Å². The summed E-state index contributed by atoms with van der Waals surface area (Å²) < 4.78 is 2.02. The van der Waals surface area contributed by atoms with Crippen LogP contribution in [0.5, 0.6) is 0 Å². The maximum atomic E-state index is 13.0. The highest BCUT2D eigenvalue weighted by Crippen LogP contribution is 2.30. The standard InChI is InChI=1S/C22H26N6O3/c1-26-12-24-7-19(26)16-10-27(11-17(16)23)8-13-2-3-14-9-28(22(31)15(14)6-13)18-4-5-20(29)25-21(18)30/h2-3,6-7,12,16-18H,4-5,8-11,23H2,1H3,(H,25,29,30)/t16-,17-,18?/m1/s1. The lowest BCUT2D eigenvalue weighted by molar-refractivity contribution is -0.136. The zero-order valence-electron chi connectivity index (χ0n) is 17.5. The van der Waals surface area contributed by atoms with Crippen molar-refractivity contribution in [3.8, 4) is 0 Å². The summed E-state index contributed by atoms with van der Waals surface area (Å²) in [4.78, 5) is 44.8. The van der Waals surface area contributed by atoms with E-state index in [9.17, 15) is 14.4 Å². The number of piperidine rings is 1. The molecule has 0 bridgehead atoms. The number of nitrogens with one attached hydrogen (secondary N) is 1. The number of likely N-dealkylation sites (tertiary alicyclic amines) is 1. The van der Waals surface area contributed by atoms with E-state index in [0.29, 0.717) is 25.1 Å². The molecule has 0 radical (unpaired) electrons. The zero-order chi connectivity index (χ0) is 21.7. The van der Waals surface area contributed by atoms with Gasteiger partial charge in [-0.05, 0) is 23.6 Å². The molecule has 2 fully saturated rings. The number of hydrogen-bond donors (Lipinski definition) is 2. The molecule has 3 N–H and O–H groups in total. The molecule has 4 heterocycles. The fourth-order valence-electron chi connectivity index (χ4n) is 5.04. The lowest BCUT2D eigenvalue weighted by atomic mass is 10.0. The summed E-state index contributed by atoms with van der Waals surface area (Å²) in [6.45, 7) is 2.73. The number of aryl methyl sites for hydroxylation is 1. The lowest BCUT2D eigenvalue weighted by Crippen LogP contribution is -2.52. The number of nitrogens with two attached hydrogens (primary N) is 1. The second-order valence-corrected chi connectivity index (χ2v) is 8.79. The fraction of sp³-hybridized carbons (Fsp3) is 0.455. The van der Waals surface area contributed by atoms with Crippen LogP contribution in [0.3, 0.4) is 0 Å². The molecule has 9 heteroatoms. The van der Waals surface area contributed by atoms with Crippen LogP contribution in [-0.4, -0.2) is 62.2 Å². The van der Waals surface area contributed by atoms with Crippen LogP contribution < -0.4 is 11.1 Å². The van der Waals surface area contributed by atoms with Crippen molar-refractivity contribution in [3.05, 3.63) is 53.1 Å². The number of aromatic nitrogens is 2. The molecular weight excluding hydrogens is 396 g/mol. The highest BCUT2D eigenvalue weighted by atomic mass is 16.2. The molecule has 2 aromatic rings. The van der Waals surface area contributed by atoms with Gasteiger partial charge in [-0.2, -0.15) is 0 Å². The summed E-state index contributed by atoms with van der Waals surface area (Å²) in [7, 11) is 1.98. The van der Waals surface area contributed by atoms with E-state index >= 15 is 0 Å². The van der Waals surface area contributed by atoms with E-state index < -0.39 is 6.04 Å². The van der Waals surface area contributed by atoms with E-state index in [1.165, 1.54) is 0 Å². The van der Waals surface area contributed by atoms with Gasteiger partial charge in [0, 0.05) is 69.1 Å². The first-order valence-corrected chi connectivity index (χ1v) is 10.6. The molecule has 0 spiro atoms. The molecule has 162 valence electrons. The van der Waals surface area contributed by atoms with Crippen LogP contribution in [0.4, 0.5) is 0 Å². The molecular formula is C22H26N6O3. The number of carbonyl (C=O) groups is 3. The maximum Gasteiger partial charge on any atom is 0.255 e. The molecule has 1 unspecified atom stereocenters. The molecule has 1 aromatic heterocycles. The van der Waals surface area contributed by atoms with Gasteiger partial charge in [0.15, 0.2) is 0 Å². The summed E-state index contributed by atoms with van der Waals surface area (Å²) >= 11 is 0. The third-order valence-corrected chi connectivity index (χ3v) is 6.67. The molecule has 31 heavy (non-hydrogen) atoms. The van der Waals surface area contributed by atoms with Crippen LogP contribution in [0.25, 0.3) is 0 Å². The smallest absolute Gasteiger partial charge is 0.255 e. The second kappa shape index (κ2) is 7.58. The second-order valence-electron chi connectivity index (χ2n) is 8.79. The summed E-state index contributed by atoms with van der Waals surface area (Å²) in [5.74, 6) is -0.574. The summed E-state index contributed by atoms with van der Waals surface area (Å²) in [6, 6.07) is 5.41. The molecule has 9 nitrogen and oxygen atoms in total. The average molecular weight is 422 g/mol. The first-order chi connectivity index (χ1) is 14.9. The van der Waals surface area contributed by atoms with Crippen molar-refractivity contribution in [3.63, 3.8) is 0 Å². The maximum absolute atomic E-state index is 13.0. The van der Waals surface area contributed by atoms with Gasteiger partial charge in [-0.15, -0.1) is 0 Å². The Balaban J connectivity index is 1.29. The number of amides is 3. The van der Waals surface area contributed by atoms with E-state index in [2.05, 4.69) is 15.2 Å². The first-order valence-electron chi connectivity index (χ1n) is 10.6. The topological polar surface area (TPSA) is 114 Å². The number of rotatable bonds is 4. The average Bonchev–Trinajstić information content (AvgIpc) is 3.40. The van der Waals surface area contributed by atoms with Crippen LogP contribution in [0, 0.1) is 0 Å². The van der Waals surface area contributed by atoms with Crippen molar-refractivity contribution in [2.45, 2.75) is 43.9 Å². The van der Waals surface area contributed by atoms with Gasteiger partial charge in [0.25, 0.3) is 5.91 Å². The van der Waals surface area contributed by atoms with Gasteiger partial charge in [0.2, 0.25) is 11.8 Å². The number of benzene rings is 1. The molecule has 3 aliphatic heterocycles. The van der Waals surface area contributed by atoms with E-state index in [0.717, 1.165) is 29.9 Å². The molecule has 1 aromatic carbocycles. The Morgan fingerprint density at radius 2 is 2.06 bits per heavy atom. The minimum absolute atomic E-state index is 0.0366. The van der Waals surface area contributed by atoms with Crippen molar-refractivity contribution in [2.75, 3.05) is 13.1 Å². The Hall–Kier alpha value is -3.04. The van der Waals surface area contributed by atoms with Crippen LogP contribution in [0.2, 0.25) is 0 Å². The van der Waals surface area contributed by atoms with Crippen LogP contribution in [0.1, 0.15) is 45.9 Å². The minimum Gasteiger partial charge on any atom is -0.337 e. The van der Waals surface area contributed by atoms with Gasteiger partial charge < -0.3 is 15.2 Å². The largest absolute Gasteiger partial charge is 0.337 e. The van der Waals surface area contributed by atoms with E-state index in [1.54, 1.807) is 11.2 Å². The number of nitrogens with zero attached hydrogens (tertiary/aromatic N) is 4. The van der Waals surface area contributed by atoms with Crippen LogP contribution in [-0.2, 0) is 29.7 Å². The first kappa shape index (κ1) is 19.9. The van der Waals surface area contributed by atoms with E-state index in [4.69, 9.17) is 5.73 Å². The highest BCUT2D eigenvalue weighted by Gasteiger charge is 2.39. The SMILES string of the molecule is Cn1cncc1[C@@H]1CN(Cc2ccc3c(c2)C(=O)N(C2CCC(=O)NC2=O)C3)C[C@H]1N. The zero-order valence-corrected chi connectivity index (χ0v) is 17.5. The number of carbonyl (C=O) groups excluding carboxylic acids is 3. The fourth-order valence-corrected chi connectivity index (χ4v) is 5.04. The number of imide groups is 1. The van der Waals surface area contributed by atoms with Crippen molar-refractivity contribution in [1.29, 1.82) is 0 Å². The summed E-state index contributed by atoms with van der Waals surface area (Å²) in [5.41, 5.74) is 10.2. The predicted molar refractivity (Wildman–Crippen MR) is 112 cm³/mol. The Labute approximate surface area is 180 Å². The van der Waals surface area contributed by atoms with Crippen molar-refractivity contribution < 1.29 is 14.4 Å². The van der Waals surface area contributed by atoms with Gasteiger partial charge in [0.1, 0.15) is 6.04 Å². The van der Waals surface area contributed by atoms with Gasteiger partial charge >= 0.3 is 0 Å².